The zero-order valence-electron chi connectivity index (χ0n) is 16.7. The van der Waals surface area contributed by atoms with E-state index in [2.05, 4.69) is 38.3 Å². The summed E-state index contributed by atoms with van der Waals surface area (Å²) < 4.78 is 0. The van der Waals surface area contributed by atoms with Gasteiger partial charge in [0.2, 0.25) is 5.91 Å². The summed E-state index contributed by atoms with van der Waals surface area (Å²) in [6, 6.07) is -0.00888. The van der Waals surface area contributed by atoms with Gasteiger partial charge >= 0.3 is 6.03 Å². The van der Waals surface area contributed by atoms with Gasteiger partial charge in [-0.2, -0.15) is 0 Å². The van der Waals surface area contributed by atoms with Crippen LogP contribution in [0.15, 0.2) is 0 Å². The Bertz CT molecular complexity index is 439. The SMILES string of the molecule is CC(C)CNC(=O)N1CCCC(CC(=O)NC(C)(CN)CC(C)C)C1. The summed E-state index contributed by atoms with van der Waals surface area (Å²) in [5, 5.41) is 6.09. The van der Waals surface area contributed by atoms with Crippen molar-refractivity contribution < 1.29 is 9.59 Å². The van der Waals surface area contributed by atoms with Crippen molar-refractivity contribution in [3.05, 3.63) is 0 Å². The fourth-order valence-corrected chi connectivity index (χ4v) is 3.56. The van der Waals surface area contributed by atoms with Crippen molar-refractivity contribution in [2.75, 3.05) is 26.2 Å². The number of hydrogen-bond acceptors (Lipinski definition) is 3. The van der Waals surface area contributed by atoms with Gasteiger partial charge in [0.1, 0.15) is 0 Å². The van der Waals surface area contributed by atoms with Crippen LogP contribution in [0.25, 0.3) is 0 Å². The summed E-state index contributed by atoms with van der Waals surface area (Å²) in [5.41, 5.74) is 5.53. The third kappa shape index (κ3) is 8.08. The van der Waals surface area contributed by atoms with Crippen LogP contribution in [0.1, 0.15) is 60.3 Å². The lowest BCUT2D eigenvalue weighted by molar-refractivity contribution is -0.124. The predicted octanol–water partition coefficient (Wildman–Crippen LogP) is 2.33. The van der Waals surface area contributed by atoms with E-state index in [1.165, 1.54) is 0 Å². The van der Waals surface area contributed by atoms with E-state index in [4.69, 9.17) is 5.73 Å². The first kappa shape index (κ1) is 21.7. The quantitative estimate of drug-likeness (QED) is 0.625. The third-order valence-electron chi connectivity index (χ3n) is 4.69. The molecule has 0 bridgehead atoms. The van der Waals surface area contributed by atoms with Crippen LogP contribution >= 0.6 is 0 Å². The molecule has 6 heteroatoms. The molecule has 0 aromatic rings. The Morgan fingerprint density at radius 3 is 2.48 bits per heavy atom. The molecule has 0 aromatic heterocycles. The number of urea groups is 1. The first-order valence-electron chi connectivity index (χ1n) is 9.69. The van der Waals surface area contributed by atoms with Gasteiger partial charge in [-0.3, -0.25) is 4.79 Å². The summed E-state index contributed by atoms with van der Waals surface area (Å²) in [6.45, 7) is 13.0. The van der Waals surface area contributed by atoms with Crippen LogP contribution in [0, 0.1) is 17.8 Å². The Morgan fingerprint density at radius 1 is 1.24 bits per heavy atom. The van der Waals surface area contributed by atoms with Crippen LogP contribution in [-0.2, 0) is 4.79 Å². The van der Waals surface area contributed by atoms with Crippen LogP contribution in [-0.4, -0.2) is 48.6 Å². The lowest BCUT2D eigenvalue weighted by Crippen LogP contribution is -2.53. The molecule has 2 atom stereocenters. The van der Waals surface area contributed by atoms with E-state index in [0.29, 0.717) is 37.9 Å². The van der Waals surface area contributed by atoms with E-state index >= 15 is 0 Å². The molecule has 0 saturated carbocycles. The largest absolute Gasteiger partial charge is 0.350 e. The first-order valence-corrected chi connectivity index (χ1v) is 9.69. The second-order valence-corrected chi connectivity index (χ2v) is 8.65. The van der Waals surface area contributed by atoms with Gasteiger partial charge in [-0.25, -0.2) is 4.79 Å². The van der Waals surface area contributed by atoms with Crippen LogP contribution in [0.3, 0.4) is 0 Å². The topological polar surface area (TPSA) is 87.5 Å². The zero-order valence-corrected chi connectivity index (χ0v) is 16.7. The molecule has 146 valence electrons. The van der Waals surface area contributed by atoms with E-state index < -0.39 is 0 Å². The highest BCUT2D eigenvalue weighted by Crippen LogP contribution is 2.21. The summed E-state index contributed by atoms with van der Waals surface area (Å²) in [4.78, 5) is 26.5. The molecule has 1 fully saturated rings. The van der Waals surface area contributed by atoms with E-state index in [-0.39, 0.29) is 23.4 Å². The minimum Gasteiger partial charge on any atom is -0.350 e. The predicted molar refractivity (Wildman–Crippen MR) is 102 cm³/mol. The Balaban J connectivity index is 2.50. The summed E-state index contributed by atoms with van der Waals surface area (Å²) >= 11 is 0. The molecule has 1 heterocycles. The molecule has 0 radical (unpaired) electrons. The normalized spacial score (nSPS) is 20.5. The maximum absolute atomic E-state index is 12.5. The molecule has 6 nitrogen and oxygen atoms in total. The number of amides is 3. The number of nitrogens with zero attached hydrogens (tertiary/aromatic N) is 1. The minimum absolute atomic E-state index is 0.00888. The number of rotatable bonds is 8. The summed E-state index contributed by atoms with van der Waals surface area (Å²) in [5.74, 6) is 1.18. The number of hydrogen-bond donors (Lipinski definition) is 3. The van der Waals surface area contributed by atoms with E-state index in [0.717, 1.165) is 25.8 Å². The molecular formula is C19H38N4O2. The Morgan fingerprint density at radius 2 is 1.92 bits per heavy atom. The second kappa shape index (κ2) is 10.00. The van der Waals surface area contributed by atoms with Crippen LogP contribution in [0.4, 0.5) is 4.79 Å². The molecule has 0 aliphatic carbocycles. The Kier molecular flexibility index (Phi) is 8.69. The van der Waals surface area contributed by atoms with Crippen LogP contribution < -0.4 is 16.4 Å². The van der Waals surface area contributed by atoms with Crippen molar-refractivity contribution in [3.63, 3.8) is 0 Å². The highest BCUT2D eigenvalue weighted by Gasteiger charge is 2.29. The fraction of sp³-hybridized carbons (Fsp3) is 0.895. The van der Waals surface area contributed by atoms with Crippen molar-refractivity contribution in [2.45, 2.75) is 65.8 Å². The highest BCUT2D eigenvalue weighted by atomic mass is 16.2. The zero-order chi connectivity index (χ0) is 19.0. The summed E-state index contributed by atoms with van der Waals surface area (Å²) in [6.07, 6.45) is 3.27. The lowest BCUT2D eigenvalue weighted by Gasteiger charge is -2.35. The molecule has 1 rings (SSSR count). The number of nitrogens with two attached hydrogens (primary N) is 1. The average molecular weight is 355 g/mol. The number of likely N-dealkylation sites (tertiary alicyclic amines) is 1. The maximum atomic E-state index is 12.5. The van der Waals surface area contributed by atoms with Gasteiger partial charge in [-0.1, -0.05) is 27.7 Å². The van der Waals surface area contributed by atoms with Gasteiger partial charge in [0.05, 0.1) is 0 Å². The smallest absolute Gasteiger partial charge is 0.317 e. The average Bonchev–Trinajstić information content (AvgIpc) is 2.51. The molecule has 2 unspecified atom stereocenters. The van der Waals surface area contributed by atoms with Gasteiger partial charge < -0.3 is 21.3 Å². The molecule has 3 amide bonds. The van der Waals surface area contributed by atoms with Gasteiger partial charge in [-0.05, 0) is 43.9 Å². The Hall–Kier alpha value is -1.30. The van der Waals surface area contributed by atoms with Gasteiger partial charge in [0.25, 0.3) is 0 Å². The molecule has 1 aliphatic heterocycles. The van der Waals surface area contributed by atoms with Crippen molar-refractivity contribution in [3.8, 4) is 0 Å². The second-order valence-electron chi connectivity index (χ2n) is 8.65. The van der Waals surface area contributed by atoms with E-state index in [1.807, 2.05) is 11.8 Å². The van der Waals surface area contributed by atoms with Crippen molar-refractivity contribution in [2.24, 2.45) is 23.5 Å². The molecule has 1 aliphatic rings. The molecule has 0 spiro atoms. The number of nitrogens with one attached hydrogen (secondary N) is 2. The standard InChI is InChI=1S/C19H38N4O2/c1-14(2)10-19(5,13-20)22-17(24)9-16-7-6-8-23(12-16)18(25)21-11-15(3)4/h14-16H,6-13,20H2,1-5H3,(H,21,25)(H,22,24). The van der Waals surface area contributed by atoms with Gasteiger partial charge in [0.15, 0.2) is 0 Å². The van der Waals surface area contributed by atoms with Crippen molar-refractivity contribution in [1.29, 1.82) is 0 Å². The highest BCUT2D eigenvalue weighted by molar-refractivity contribution is 5.77. The van der Waals surface area contributed by atoms with Gasteiger partial charge in [0, 0.05) is 38.1 Å². The number of carbonyl (C=O) groups is 2. The van der Waals surface area contributed by atoms with Crippen molar-refractivity contribution >= 4 is 11.9 Å². The molecule has 4 N–H and O–H groups in total. The molecular weight excluding hydrogens is 316 g/mol. The monoisotopic (exact) mass is 354 g/mol. The third-order valence-corrected chi connectivity index (χ3v) is 4.69. The molecule has 1 saturated heterocycles. The maximum Gasteiger partial charge on any atom is 0.317 e. The minimum atomic E-state index is -0.353. The Labute approximate surface area is 153 Å². The number of carbonyl (C=O) groups excluding carboxylic acids is 2. The molecule has 0 aromatic carbocycles. The molecule has 25 heavy (non-hydrogen) atoms. The van der Waals surface area contributed by atoms with Crippen molar-refractivity contribution in [1.82, 2.24) is 15.5 Å². The van der Waals surface area contributed by atoms with Crippen LogP contribution in [0.2, 0.25) is 0 Å². The van der Waals surface area contributed by atoms with Gasteiger partial charge in [-0.15, -0.1) is 0 Å². The fourth-order valence-electron chi connectivity index (χ4n) is 3.56. The first-order chi connectivity index (χ1) is 11.6. The summed E-state index contributed by atoms with van der Waals surface area (Å²) in [7, 11) is 0. The number of piperidine rings is 1. The lowest BCUT2D eigenvalue weighted by atomic mass is 9.89. The van der Waals surface area contributed by atoms with E-state index in [9.17, 15) is 9.59 Å². The van der Waals surface area contributed by atoms with Crippen LogP contribution in [0.5, 0.6) is 0 Å². The van der Waals surface area contributed by atoms with E-state index in [1.54, 1.807) is 0 Å².